The Morgan fingerprint density at radius 1 is 1.00 bits per heavy atom. The maximum Gasteiger partial charge on any atom is 0.124 e. The standard InChI is InChI=1S/C18H15NOS/c20-14-8-3-7-13(11-14)18-19-17-15-9-2-1-5-12(15)6-4-10-16(17)21-18/h1-3,5,7-9,11,20H,4,6,10H2. The van der Waals surface area contributed by atoms with E-state index >= 15 is 0 Å². The second-order valence-electron chi connectivity index (χ2n) is 5.35. The third-order valence-electron chi connectivity index (χ3n) is 3.91. The van der Waals surface area contributed by atoms with Crippen LogP contribution in [0.5, 0.6) is 5.75 Å². The molecule has 0 bridgehead atoms. The van der Waals surface area contributed by atoms with Crippen molar-refractivity contribution in [2.24, 2.45) is 0 Å². The Balaban J connectivity index is 1.87. The van der Waals surface area contributed by atoms with Crippen LogP contribution in [0.25, 0.3) is 21.8 Å². The van der Waals surface area contributed by atoms with E-state index in [0.717, 1.165) is 29.1 Å². The minimum atomic E-state index is 0.290. The van der Waals surface area contributed by atoms with Gasteiger partial charge in [-0.1, -0.05) is 36.4 Å². The van der Waals surface area contributed by atoms with Crippen LogP contribution in [0.1, 0.15) is 16.9 Å². The van der Waals surface area contributed by atoms with Gasteiger partial charge in [-0.15, -0.1) is 11.3 Å². The van der Waals surface area contributed by atoms with Gasteiger partial charge in [0.2, 0.25) is 0 Å². The molecule has 0 atom stereocenters. The maximum atomic E-state index is 9.66. The number of phenolic OH excluding ortho intramolecular Hbond substituents is 1. The van der Waals surface area contributed by atoms with Gasteiger partial charge in [-0.05, 0) is 37.0 Å². The zero-order valence-corrected chi connectivity index (χ0v) is 12.4. The van der Waals surface area contributed by atoms with E-state index in [1.54, 1.807) is 23.5 Å². The molecular formula is C18H15NOS. The van der Waals surface area contributed by atoms with Gasteiger partial charge in [0.25, 0.3) is 0 Å². The van der Waals surface area contributed by atoms with Crippen molar-refractivity contribution in [1.29, 1.82) is 0 Å². The van der Waals surface area contributed by atoms with Crippen molar-refractivity contribution in [1.82, 2.24) is 4.98 Å². The van der Waals surface area contributed by atoms with Crippen LogP contribution in [0.3, 0.4) is 0 Å². The summed E-state index contributed by atoms with van der Waals surface area (Å²) in [5.74, 6) is 0.290. The summed E-state index contributed by atoms with van der Waals surface area (Å²) in [6, 6.07) is 15.9. The number of nitrogens with zero attached hydrogens (tertiary/aromatic N) is 1. The van der Waals surface area contributed by atoms with Gasteiger partial charge in [0.15, 0.2) is 0 Å². The molecule has 1 aliphatic rings. The van der Waals surface area contributed by atoms with Gasteiger partial charge >= 0.3 is 0 Å². The highest BCUT2D eigenvalue weighted by Gasteiger charge is 2.19. The highest BCUT2D eigenvalue weighted by molar-refractivity contribution is 7.15. The number of aromatic hydroxyl groups is 1. The summed E-state index contributed by atoms with van der Waals surface area (Å²) in [5.41, 5.74) is 4.79. The molecule has 1 aliphatic carbocycles. The number of thiazole rings is 1. The summed E-state index contributed by atoms with van der Waals surface area (Å²) in [6.07, 6.45) is 3.38. The molecule has 3 aromatic rings. The maximum absolute atomic E-state index is 9.66. The van der Waals surface area contributed by atoms with Gasteiger partial charge in [-0.25, -0.2) is 4.98 Å². The van der Waals surface area contributed by atoms with Crippen molar-refractivity contribution in [3.63, 3.8) is 0 Å². The van der Waals surface area contributed by atoms with Crippen LogP contribution in [0.2, 0.25) is 0 Å². The van der Waals surface area contributed by atoms with Crippen molar-refractivity contribution < 1.29 is 5.11 Å². The molecule has 1 N–H and O–H groups in total. The first-order chi connectivity index (χ1) is 10.3. The van der Waals surface area contributed by atoms with Crippen molar-refractivity contribution in [3.05, 3.63) is 59.0 Å². The zero-order chi connectivity index (χ0) is 14.2. The fraction of sp³-hybridized carbons (Fsp3) is 0.167. The Morgan fingerprint density at radius 2 is 1.90 bits per heavy atom. The van der Waals surface area contributed by atoms with Crippen molar-refractivity contribution >= 4 is 11.3 Å². The van der Waals surface area contributed by atoms with E-state index in [0.29, 0.717) is 5.75 Å². The minimum absolute atomic E-state index is 0.290. The number of hydrogen-bond donors (Lipinski definition) is 1. The second kappa shape index (κ2) is 5.01. The van der Waals surface area contributed by atoms with Crippen LogP contribution >= 0.6 is 11.3 Å². The fourth-order valence-electron chi connectivity index (χ4n) is 2.90. The normalized spacial score (nSPS) is 13.3. The molecule has 1 aromatic heterocycles. The number of rotatable bonds is 1. The Labute approximate surface area is 127 Å². The number of benzene rings is 2. The summed E-state index contributed by atoms with van der Waals surface area (Å²) in [6.45, 7) is 0. The first-order valence-corrected chi connectivity index (χ1v) is 8.00. The summed E-state index contributed by atoms with van der Waals surface area (Å²) in [5, 5.41) is 10.6. The molecule has 0 fully saturated rings. The molecule has 3 heteroatoms. The molecule has 0 radical (unpaired) electrons. The van der Waals surface area contributed by atoms with E-state index in [1.165, 1.54) is 22.4 Å². The minimum Gasteiger partial charge on any atom is -0.508 e. The second-order valence-corrected chi connectivity index (χ2v) is 6.44. The number of hydrogen-bond acceptors (Lipinski definition) is 3. The molecular weight excluding hydrogens is 278 g/mol. The number of aromatic nitrogens is 1. The average Bonchev–Trinajstić information content (AvgIpc) is 2.84. The molecule has 104 valence electrons. The van der Waals surface area contributed by atoms with Gasteiger partial charge in [0.1, 0.15) is 10.8 Å². The van der Waals surface area contributed by atoms with Gasteiger partial charge in [0.05, 0.1) is 5.69 Å². The SMILES string of the molecule is Oc1cccc(-c2nc3c(s2)CCCc2ccccc2-3)c1. The molecule has 0 amide bonds. The van der Waals surface area contributed by atoms with E-state index in [9.17, 15) is 5.11 Å². The van der Waals surface area contributed by atoms with E-state index in [-0.39, 0.29) is 0 Å². The lowest BCUT2D eigenvalue weighted by Crippen LogP contribution is -1.87. The summed E-state index contributed by atoms with van der Waals surface area (Å²) >= 11 is 1.75. The van der Waals surface area contributed by atoms with Gasteiger partial charge in [-0.2, -0.15) is 0 Å². The first-order valence-electron chi connectivity index (χ1n) is 7.18. The molecule has 1 heterocycles. The highest BCUT2D eigenvalue weighted by atomic mass is 32.1. The summed E-state index contributed by atoms with van der Waals surface area (Å²) in [4.78, 5) is 6.23. The summed E-state index contributed by atoms with van der Waals surface area (Å²) < 4.78 is 0. The molecule has 0 spiro atoms. The molecule has 21 heavy (non-hydrogen) atoms. The smallest absolute Gasteiger partial charge is 0.124 e. The van der Waals surface area contributed by atoms with E-state index in [4.69, 9.17) is 4.98 Å². The lowest BCUT2D eigenvalue weighted by molar-refractivity contribution is 0.475. The van der Waals surface area contributed by atoms with Crippen LogP contribution in [-0.2, 0) is 12.8 Å². The molecule has 0 saturated heterocycles. The molecule has 0 unspecified atom stereocenters. The van der Waals surface area contributed by atoms with Gasteiger partial charge in [-0.3, -0.25) is 0 Å². The molecule has 4 rings (SSSR count). The lowest BCUT2D eigenvalue weighted by Gasteiger charge is -2.03. The van der Waals surface area contributed by atoms with Crippen LogP contribution in [0.4, 0.5) is 0 Å². The third kappa shape index (κ3) is 2.24. The molecule has 0 aliphatic heterocycles. The largest absolute Gasteiger partial charge is 0.508 e. The van der Waals surface area contributed by atoms with Crippen LogP contribution < -0.4 is 0 Å². The molecule has 2 nitrogen and oxygen atoms in total. The first kappa shape index (κ1) is 12.6. The van der Waals surface area contributed by atoms with Crippen molar-refractivity contribution in [2.45, 2.75) is 19.3 Å². The Kier molecular flexibility index (Phi) is 3.00. The fourth-order valence-corrected chi connectivity index (χ4v) is 4.02. The monoisotopic (exact) mass is 293 g/mol. The highest BCUT2D eigenvalue weighted by Crippen LogP contribution is 2.38. The predicted octanol–water partition coefficient (Wildman–Crippen LogP) is 4.67. The summed E-state index contributed by atoms with van der Waals surface area (Å²) in [7, 11) is 0. The van der Waals surface area contributed by atoms with Gasteiger partial charge < -0.3 is 5.11 Å². The average molecular weight is 293 g/mol. The Bertz CT molecular complexity index is 806. The Hall–Kier alpha value is -2.13. The topological polar surface area (TPSA) is 33.1 Å². The van der Waals surface area contributed by atoms with E-state index in [2.05, 4.69) is 24.3 Å². The quantitative estimate of drug-likeness (QED) is 0.707. The van der Waals surface area contributed by atoms with Crippen molar-refractivity contribution in [3.8, 4) is 27.6 Å². The van der Waals surface area contributed by atoms with Crippen LogP contribution in [0, 0.1) is 0 Å². The number of aryl methyl sites for hydroxylation is 2. The van der Waals surface area contributed by atoms with Crippen LogP contribution in [0.15, 0.2) is 48.5 Å². The molecule has 0 saturated carbocycles. The molecule has 2 aromatic carbocycles. The lowest BCUT2D eigenvalue weighted by atomic mass is 10.0. The zero-order valence-electron chi connectivity index (χ0n) is 11.5. The Morgan fingerprint density at radius 3 is 2.81 bits per heavy atom. The van der Waals surface area contributed by atoms with E-state index < -0.39 is 0 Å². The third-order valence-corrected chi connectivity index (χ3v) is 5.08. The van der Waals surface area contributed by atoms with Crippen LogP contribution in [-0.4, -0.2) is 10.1 Å². The van der Waals surface area contributed by atoms with Gasteiger partial charge in [0, 0.05) is 16.0 Å². The van der Waals surface area contributed by atoms with E-state index in [1.807, 2.05) is 12.1 Å². The predicted molar refractivity (Wildman–Crippen MR) is 86.7 cm³/mol. The number of phenols is 1. The number of fused-ring (bicyclic) bond motifs is 3. The van der Waals surface area contributed by atoms with Crippen molar-refractivity contribution in [2.75, 3.05) is 0 Å².